The Morgan fingerprint density at radius 1 is 1.60 bits per heavy atom. The van der Waals surface area contributed by atoms with Crippen LogP contribution in [-0.4, -0.2) is 18.0 Å². The number of hydrogen-bond donors (Lipinski definition) is 1. The second-order valence-electron chi connectivity index (χ2n) is 3.24. The van der Waals surface area contributed by atoms with Crippen molar-refractivity contribution in [2.75, 3.05) is 7.11 Å². The molecule has 1 aromatic carbocycles. The summed E-state index contributed by atoms with van der Waals surface area (Å²) in [5.41, 5.74) is 1.18. The van der Waals surface area contributed by atoms with E-state index in [9.17, 15) is 9.90 Å². The Morgan fingerprint density at radius 3 is 2.73 bits per heavy atom. The first kappa shape index (κ1) is 11.3. The van der Waals surface area contributed by atoms with Crippen molar-refractivity contribution in [2.24, 2.45) is 0 Å². The van der Waals surface area contributed by atoms with Crippen LogP contribution in [0, 0.1) is 0 Å². The number of ether oxygens (including phenoxy) is 1. The van der Waals surface area contributed by atoms with Crippen LogP contribution >= 0.6 is 0 Å². The van der Waals surface area contributed by atoms with Gasteiger partial charge in [-0.05, 0) is 31.0 Å². The van der Waals surface area contributed by atoms with E-state index in [0.717, 1.165) is 5.56 Å². The molecule has 0 fully saturated rings. The molecule has 0 spiro atoms. The maximum absolute atomic E-state index is 11.2. The van der Waals surface area contributed by atoms with Gasteiger partial charge in [-0.3, -0.25) is 4.79 Å². The van der Waals surface area contributed by atoms with Crippen LogP contribution in [0.3, 0.4) is 0 Å². The largest absolute Gasteiger partial charge is 0.504 e. The van der Waals surface area contributed by atoms with Crippen LogP contribution in [-0.2, 0) is 6.42 Å². The van der Waals surface area contributed by atoms with Crippen molar-refractivity contribution in [1.29, 1.82) is 0 Å². The molecule has 0 bridgehead atoms. The van der Waals surface area contributed by atoms with Crippen LogP contribution in [0.4, 0.5) is 0 Å². The van der Waals surface area contributed by atoms with Crippen molar-refractivity contribution in [1.82, 2.24) is 0 Å². The Bertz CT molecular complexity index is 394. The van der Waals surface area contributed by atoms with Crippen LogP contribution < -0.4 is 4.74 Å². The summed E-state index contributed by atoms with van der Waals surface area (Å²) >= 11 is 0. The van der Waals surface area contributed by atoms with E-state index in [2.05, 4.69) is 6.58 Å². The average Bonchev–Trinajstić information content (AvgIpc) is 2.20. The minimum absolute atomic E-state index is 0.0992. The smallest absolute Gasteiger partial charge is 0.168 e. The van der Waals surface area contributed by atoms with Crippen LogP contribution in [0.1, 0.15) is 22.8 Å². The van der Waals surface area contributed by atoms with Gasteiger partial charge in [0.25, 0.3) is 0 Å². The third-order valence-electron chi connectivity index (χ3n) is 2.11. The molecule has 0 unspecified atom stereocenters. The lowest BCUT2D eigenvalue weighted by molar-refractivity contribution is 0.101. The molecular formula is C12H14O3. The summed E-state index contributed by atoms with van der Waals surface area (Å²) in [5.74, 6) is 0.0362. The summed E-state index contributed by atoms with van der Waals surface area (Å²) in [6, 6.07) is 3.35. The van der Waals surface area contributed by atoms with Crippen molar-refractivity contribution in [3.8, 4) is 11.5 Å². The predicted octanol–water partition coefficient (Wildman–Crippen LogP) is 2.33. The van der Waals surface area contributed by atoms with Crippen molar-refractivity contribution in [3.05, 3.63) is 35.9 Å². The first-order chi connectivity index (χ1) is 7.10. The van der Waals surface area contributed by atoms with Gasteiger partial charge in [0.1, 0.15) is 0 Å². The summed E-state index contributed by atoms with van der Waals surface area (Å²) in [4.78, 5) is 11.2. The van der Waals surface area contributed by atoms with Crippen molar-refractivity contribution < 1.29 is 14.6 Å². The zero-order valence-electron chi connectivity index (χ0n) is 8.91. The second-order valence-corrected chi connectivity index (χ2v) is 3.24. The minimum atomic E-state index is -0.184. The van der Waals surface area contributed by atoms with Crippen LogP contribution in [0.25, 0.3) is 0 Å². The number of methoxy groups -OCH3 is 1. The molecular weight excluding hydrogens is 192 g/mol. The summed E-state index contributed by atoms with van der Waals surface area (Å²) in [6.07, 6.45) is 2.37. The summed E-state index contributed by atoms with van der Waals surface area (Å²) < 4.78 is 4.99. The molecule has 0 amide bonds. The Hall–Kier alpha value is -1.77. The van der Waals surface area contributed by atoms with Crippen LogP contribution in [0.2, 0.25) is 0 Å². The molecule has 0 saturated carbocycles. The lowest BCUT2D eigenvalue weighted by atomic mass is 10.0. The van der Waals surface area contributed by atoms with E-state index in [1.807, 2.05) is 0 Å². The van der Waals surface area contributed by atoms with Gasteiger partial charge in [-0.2, -0.15) is 0 Å². The van der Waals surface area contributed by atoms with E-state index in [0.29, 0.717) is 12.2 Å². The molecule has 1 aromatic rings. The van der Waals surface area contributed by atoms with Gasteiger partial charge < -0.3 is 9.84 Å². The highest BCUT2D eigenvalue weighted by atomic mass is 16.5. The molecule has 0 radical (unpaired) electrons. The highest BCUT2D eigenvalue weighted by Crippen LogP contribution is 2.31. The number of rotatable bonds is 4. The molecule has 0 aliphatic rings. The molecule has 3 nitrogen and oxygen atoms in total. The second kappa shape index (κ2) is 4.64. The van der Waals surface area contributed by atoms with E-state index in [1.165, 1.54) is 14.0 Å². The summed E-state index contributed by atoms with van der Waals surface area (Å²) in [5, 5.41) is 9.68. The quantitative estimate of drug-likeness (QED) is 0.607. The Labute approximate surface area is 89.0 Å². The van der Waals surface area contributed by atoms with E-state index in [1.54, 1.807) is 18.2 Å². The molecule has 0 heterocycles. The minimum Gasteiger partial charge on any atom is -0.504 e. The molecule has 0 atom stereocenters. The molecule has 1 rings (SSSR count). The van der Waals surface area contributed by atoms with Crippen molar-refractivity contribution in [2.45, 2.75) is 13.3 Å². The zero-order chi connectivity index (χ0) is 11.4. The maximum atomic E-state index is 11.2. The number of Topliss-reactive ketones (excluding diaryl/α,β-unsaturated/α-hetero) is 1. The first-order valence-electron chi connectivity index (χ1n) is 4.61. The zero-order valence-corrected chi connectivity index (χ0v) is 8.91. The number of carbonyl (C=O) groups is 1. The molecule has 1 N–H and O–H groups in total. The maximum Gasteiger partial charge on any atom is 0.168 e. The number of ketones is 1. The van der Waals surface area contributed by atoms with Crippen molar-refractivity contribution in [3.63, 3.8) is 0 Å². The third kappa shape index (κ3) is 2.37. The van der Waals surface area contributed by atoms with Crippen LogP contribution in [0.15, 0.2) is 24.8 Å². The number of aromatic hydroxyl groups is 1. The Balaban J connectivity index is 3.31. The van der Waals surface area contributed by atoms with Gasteiger partial charge in [0, 0.05) is 0 Å². The van der Waals surface area contributed by atoms with E-state index >= 15 is 0 Å². The molecule has 0 aliphatic heterocycles. The number of benzene rings is 1. The standard InChI is InChI=1S/C12H14O3/c1-4-5-9-6-10(8(2)13)12(14)11(7-9)15-3/h4,6-7,14H,1,5H2,2-3H3. The lowest BCUT2D eigenvalue weighted by Gasteiger charge is -2.09. The average molecular weight is 206 g/mol. The topological polar surface area (TPSA) is 46.5 Å². The number of phenolic OH excluding ortho intramolecular Hbond substituents is 1. The lowest BCUT2D eigenvalue weighted by Crippen LogP contribution is -1.97. The van der Waals surface area contributed by atoms with Gasteiger partial charge in [-0.25, -0.2) is 0 Å². The van der Waals surface area contributed by atoms with E-state index in [-0.39, 0.29) is 17.1 Å². The van der Waals surface area contributed by atoms with Gasteiger partial charge >= 0.3 is 0 Å². The normalized spacial score (nSPS) is 9.73. The van der Waals surface area contributed by atoms with Gasteiger partial charge in [0.2, 0.25) is 0 Å². The Morgan fingerprint density at radius 2 is 2.27 bits per heavy atom. The monoisotopic (exact) mass is 206 g/mol. The Kier molecular flexibility index (Phi) is 3.50. The molecule has 3 heteroatoms. The van der Waals surface area contributed by atoms with Gasteiger partial charge in [0.15, 0.2) is 17.3 Å². The molecule has 0 aliphatic carbocycles. The van der Waals surface area contributed by atoms with Crippen molar-refractivity contribution >= 4 is 5.78 Å². The fourth-order valence-electron chi connectivity index (χ4n) is 1.37. The highest BCUT2D eigenvalue weighted by molar-refractivity contribution is 5.97. The van der Waals surface area contributed by atoms with Gasteiger partial charge in [-0.15, -0.1) is 6.58 Å². The van der Waals surface area contributed by atoms with E-state index in [4.69, 9.17) is 4.74 Å². The van der Waals surface area contributed by atoms with Gasteiger partial charge in [-0.1, -0.05) is 6.08 Å². The highest BCUT2D eigenvalue weighted by Gasteiger charge is 2.13. The molecule has 0 aromatic heterocycles. The fraction of sp³-hybridized carbons (Fsp3) is 0.250. The number of phenols is 1. The summed E-state index contributed by atoms with van der Waals surface area (Å²) in [6.45, 7) is 5.03. The third-order valence-corrected chi connectivity index (χ3v) is 2.11. The fourth-order valence-corrected chi connectivity index (χ4v) is 1.37. The number of allylic oxidation sites excluding steroid dienone is 1. The predicted molar refractivity (Wildman–Crippen MR) is 58.6 cm³/mol. The molecule has 15 heavy (non-hydrogen) atoms. The van der Waals surface area contributed by atoms with Gasteiger partial charge in [0.05, 0.1) is 12.7 Å². The van der Waals surface area contributed by atoms with Crippen LogP contribution in [0.5, 0.6) is 11.5 Å². The molecule has 0 saturated heterocycles. The first-order valence-corrected chi connectivity index (χ1v) is 4.61. The van der Waals surface area contributed by atoms with E-state index < -0.39 is 0 Å². The number of hydrogen-bond acceptors (Lipinski definition) is 3. The molecule has 80 valence electrons. The summed E-state index contributed by atoms with van der Waals surface area (Å²) in [7, 11) is 1.46. The number of carbonyl (C=O) groups excluding carboxylic acids is 1. The SMILES string of the molecule is C=CCc1cc(OC)c(O)c(C(C)=O)c1.